The van der Waals surface area contributed by atoms with Crippen LogP contribution in [0.5, 0.6) is 11.5 Å². The van der Waals surface area contributed by atoms with Crippen molar-refractivity contribution in [2.75, 3.05) is 64.9 Å². The third-order valence-electron chi connectivity index (χ3n) is 7.31. The highest BCUT2D eigenvalue weighted by Gasteiger charge is 2.20. The molecule has 1 aromatic carbocycles. The van der Waals surface area contributed by atoms with Gasteiger partial charge in [0, 0.05) is 63.8 Å². The first-order valence-electron chi connectivity index (χ1n) is 13.5. The number of aliphatic imine (C=N–C) groups is 1. The fourth-order valence-corrected chi connectivity index (χ4v) is 4.76. The van der Waals surface area contributed by atoms with E-state index >= 15 is 0 Å². The number of benzene rings is 1. The number of rotatable bonds is 12. The number of nitrogens with zero attached hydrogens (tertiary/aromatic N) is 4. The van der Waals surface area contributed by atoms with Gasteiger partial charge in [-0.2, -0.15) is 0 Å². The normalized spacial score (nSPS) is 17.3. The summed E-state index contributed by atoms with van der Waals surface area (Å²) in [6.45, 7) is 14.4. The van der Waals surface area contributed by atoms with Crippen molar-refractivity contribution >= 4 is 17.4 Å². The Kier molecular flexibility index (Phi) is 11.3. The van der Waals surface area contributed by atoms with Crippen LogP contribution >= 0.6 is 0 Å². The smallest absolute Gasteiger partial charge is 0.219 e. The third kappa shape index (κ3) is 9.11. The number of allylic oxidation sites excluding steroid dienone is 1. The molecular weight excluding hydrogens is 466 g/mol. The molecule has 8 nitrogen and oxygen atoms in total. The maximum absolute atomic E-state index is 11.5. The summed E-state index contributed by atoms with van der Waals surface area (Å²) in [6, 6.07) is 5.96. The van der Waals surface area contributed by atoms with Gasteiger partial charge in [-0.05, 0) is 76.2 Å². The Morgan fingerprint density at radius 1 is 1.19 bits per heavy atom. The highest BCUT2D eigenvalue weighted by atomic mass is 16.5. The molecule has 1 aromatic rings. The van der Waals surface area contributed by atoms with Crippen molar-refractivity contribution in [3.63, 3.8) is 0 Å². The molecule has 37 heavy (non-hydrogen) atoms. The van der Waals surface area contributed by atoms with Crippen molar-refractivity contribution in [2.24, 2.45) is 10.9 Å². The second-order valence-electron chi connectivity index (χ2n) is 9.99. The summed E-state index contributed by atoms with van der Waals surface area (Å²) in [5.41, 5.74) is 1.82. The van der Waals surface area contributed by atoms with E-state index in [1.807, 2.05) is 48.0 Å². The number of anilines is 1. The largest absolute Gasteiger partial charge is 0.493 e. The van der Waals surface area contributed by atoms with Gasteiger partial charge in [-0.3, -0.25) is 4.79 Å². The molecule has 1 N–H and O–H groups in total. The number of ether oxygens (including phenoxy) is 2. The van der Waals surface area contributed by atoms with Crippen molar-refractivity contribution in [1.29, 1.82) is 0 Å². The number of carbonyl (C=O) groups is 1. The molecule has 2 aliphatic heterocycles. The van der Waals surface area contributed by atoms with E-state index in [-0.39, 0.29) is 5.91 Å². The Bertz CT molecular complexity index is 947. The van der Waals surface area contributed by atoms with E-state index in [0.717, 1.165) is 74.2 Å². The lowest BCUT2D eigenvalue weighted by molar-refractivity contribution is -0.130. The number of amidine groups is 1. The third-order valence-corrected chi connectivity index (χ3v) is 7.31. The van der Waals surface area contributed by atoms with Gasteiger partial charge >= 0.3 is 0 Å². The second kappa shape index (κ2) is 14.7. The quantitative estimate of drug-likeness (QED) is 0.195. The van der Waals surface area contributed by atoms with Gasteiger partial charge in [0.05, 0.1) is 13.7 Å². The fourth-order valence-electron chi connectivity index (χ4n) is 4.76. The van der Waals surface area contributed by atoms with Gasteiger partial charge in [0.15, 0.2) is 11.5 Å². The molecule has 204 valence electrons. The molecule has 0 radical (unpaired) electrons. The molecule has 0 aromatic heterocycles. The standard InChI is InChI=1S/C29H45N5O3/c1-23(31-22-26-12-18-34(19-13-26)25(3)35)11-14-30-24(2)32(4)27-9-10-28(36-5)29(21-27)37-20-8-17-33-15-6-7-16-33/h9-11,14,21,26,31H,1,6-8,12-13,15-20,22H2,2-5H3/b14-11-,30-24?. The van der Waals surface area contributed by atoms with Crippen LogP contribution in [0.2, 0.25) is 0 Å². The van der Waals surface area contributed by atoms with Crippen LogP contribution in [0.15, 0.2) is 47.7 Å². The van der Waals surface area contributed by atoms with Gasteiger partial charge in [0.2, 0.25) is 5.91 Å². The van der Waals surface area contributed by atoms with Crippen molar-refractivity contribution < 1.29 is 14.3 Å². The van der Waals surface area contributed by atoms with Gasteiger partial charge in [0.1, 0.15) is 5.84 Å². The Balaban J connectivity index is 1.46. The van der Waals surface area contributed by atoms with Crippen LogP contribution in [0.3, 0.4) is 0 Å². The van der Waals surface area contributed by atoms with Gasteiger partial charge in [-0.25, -0.2) is 4.99 Å². The predicted molar refractivity (Wildman–Crippen MR) is 152 cm³/mol. The molecule has 0 bridgehead atoms. The van der Waals surface area contributed by atoms with Crippen LogP contribution < -0.4 is 19.7 Å². The van der Waals surface area contributed by atoms with Gasteiger partial charge in [0.25, 0.3) is 0 Å². The molecular formula is C29H45N5O3. The molecule has 8 heteroatoms. The van der Waals surface area contributed by atoms with E-state index in [1.54, 1.807) is 20.2 Å². The first kappa shape index (κ1) is 28.6. The maximum atomic E-state index is 11.5. The topological polar surface area (TPSA) is 69.6 Å². The van der Waals surface area contributed by atoms with Crippen molar-refractivity contribution in [2.45, 2.75) is 46.0 Å². The summed E-state index contributed by atoms with van der Waals surface area (Å²) in [6.07, 6.45) is 9.35. The molecule has 3 rings (SSSR count). The van der Waals surface area contributed by atoms with E-state index in [4.69, 9.17) is 9.47 Å². The van der Waals surface area contributed by atoms with E-state index in [9.17, 15) is 4.79 Å². The van der Waals surface area contributed by atoms with Gasteiger partial charge in [-0.1, -0.05) is 6.58 Å². The number of amides is 1. The van der Waals surface area contributed by atoms with E-state index in [1.165, 1.54) is 25.9 Å². The maximum Gasteiger partial charge on any atom is 0.219 e. The summed E-state index contributed by atoms with van der Waals surface area (Å²) >= 11 is 0. The SMILES string of the molecule is C=C(/C=C\N=C(C)N(C)c1ccc(OC)c(OCCCN2CCCC2)c1)NCC1CCN(C(C)=O)CC1. The Labute approximate surface area is 223 Å². The Morgan fingerprint density at radius 3 is 2.59 bits per heavy atom. The first-order chi connectivity index (χ1) is 17.9. The van der Waals surface area contributed by atoms with Crippen molar-refractivity contribution in [1.82, 2.24) is 15.1 Å². The molecule has 0 saturated carbocycles. The molecule has 0 aliphatic carbocycles. The zero-order chi connectivity index (χ0) is 26.6. The van der Waals surface area contributed by atoms with Crippen LogP contribution in [0.25, 0.3) is 0 Å². The van der Waals surface area contributed by atoms with Gasteiger partial charge < -0.3 is 29.5 Å². The minimum Gasteiger partial charge on any atom is -0.493 e. The average Bonchev–Trinajstić information content (AvgIpc) is 3.43. The van der Waals surface area contributed by atoms with Gasteiger partial charge in [-0.15, -0.1) is 0 Å². The van der Waals surface area contributed by atoms with Crippen LogP contribution in [0.4, 0.5) is 5.69 Å². The molecule has 2 aliphatic rings. The highest BCUT2D eigenvalue weighted by molar-refractivity contribution is 5.96. The summed E-state index contributed by atoms with van der Waals surface area (Å²) in [5, 5.41) is 3.39. The van der Waals surface area contributed by atoms with Crippen LogP contribution in [-0.2, 0) is 4.79 Å². The summed E-state index contributed by atoms with van der Waals surface area (Å²) < 4.78 is 11.6. The lowest BCUT2D eigenvalue weighted by Crippen LogP contribution is -2.39. The number of likely N-dealkylation sites (tertiary alicyclic amines) is 2. The minimum atomic E-state index is 0.170. The number of piperidine rings is 1. The number of hydrogen-bond donors (Lipinski definition) is 1. The van der Waals surface area contributed by atoms with E-state index in [2.05, 4.69) is 21.8 Å². The number of methoxy groups -OCH3 is 1. The molecule has 0 atom stereocenters. The molecule has 1 amide bonds. The summed E-state index contributed by atoms with van der Waals surface area (Å²) in [5.74, 6) is 3.07. The van der Waals surface area contributed by atoms with E-state index in [0.29, 0.717) is 12.5 Å². The fraction of sp³-hybridized carbons (Fsp3) is 0.586. The minimum absolute atomic E-state index is 0.170. The summed E-state index contributed by atoms with van der Waals surface area (Å²) in [7, 11) is 3.66. The monoisotopic (exact) mass is 511 g/mol. The Morgan fingerprint density at radius 2 is 1.92 bits per heavy atom. The molecule has 2 fully saturated rings. The first-order valence-corrected chi connectivity index (χ1v) is 13.5. The lowest BCUT2D eigenvalue weighted by Gasteiger charge is -2.31. The molecule has 0 unspecified atom stereocenters. The van der Waals surface area contributed by atoms with Crippen molar-refractivity contribution in [3.8, 4) is 11.5 Å². The number of nitrogens with one attached hydrogen (secondary N) is 1. The summed E-state index contributed by atoms with van der Waals surface area (Å²) in [4.78, 5) is 22.5. The molecule has 2 heterocycles. The van der Waals surface area contributed by atoms with Crippen LogP contribution in [-0.4, -0.2) is 81.6 Å². The molecule has 0 spiro atoms. The predicted octanol–water partition coefficient (Wildman–Crippen LogP) is 4.29. The Hall–Kier alpha value is -3.00. The number of hydrogen-bond acceptors (Lipinski definition) is 6. The zero-order valence-corrected chi connectivity index (χ0v) is 23.2. The van der Waals surface area contributed by atoms with E-state index < -0.39 is 0 Å². The van der Waals surface area contributed by atoms with Crippen molar-refractivity contribution in [3.05, 3.63) is 42.8 Å². The van der Waals surface area contributed by atoms with Crippen LogP contribution in [0, 0.1) is 5.92 Å². The molecule has 2 saturated heterocycles. The highest BCUT2D eigenvalue weighted by Crippen LogP contribution is 2.32. The second-order valence-corrected chi connectivity index (χ2v) is 9.99. The lowest BCUT2D eigenvalue weighted by atomic mass is 9.96. The van der Waals surface area contributed by atoms with Crippen LogP contribution in [0.1, 0.15) is 46.0 Å². The average molecular weight is 512 g/mol. The number of carbonyl (C=O) groups excluding carboxylic acids is 1. The zero-order valence-electron chi connectivity index (χ0n) is 23.2.